The molecule has 0 rings (SSSR count). The van der Waals surface area contributed by atoms with Gasteiger partial charge in [-0.2, -0.15) is 0 Å². The van der Waals surface area contributed by atoms with Crippen molar-refractivity contribution in [1.82, 2.24) is 0 Å². The predicted molar refractivity (Wildman–Crippen MR) is 50.2 cm³/mol. The lowest BCUT2D eigenvalue weighted by atomic mass is 10.4. The summed E-state index contributed by atoms with van der Waals surface area (Å²) >= 11 is 0. The summed E-state index contributed by atoms with van der Waals surface area (Å²) in [4.78, 5) is 0. The molecule has 0 amide bonds. The number of halogens is 1. The molecule has 0 heterocycles. The summed E-state index contributed by atoms with van der Waals surface area (Å²) in [7, 11) is 0. The Morgan fingerprint density at radius 1 is 1.09 bits per heavy atom. The van der Waals surface area contributed by atoms with Crippen LogP contribution in [0.3, 0.4) is 0 Å². The molecule has 0 N–H and O–H groups in total. The van der Waals surface area contributed by atoms with E-state index in [1.54, 1.807) is 19.1 Å². The van der Waals surface area contributed by atoms with Crippen molar-refractivity contribution in [2.24, 2.45) is 0 Å². The van der Waals surface area contributed by atoms with Crippen molar-refractivity contribution in [2.45, 2.75) is 27.7 Å². The van der Waals surface area contributed by atoms with Gasteiger partial charge in [0.15, 0.2) is 0 Å². The van der Waals surface area contributed by atoms with Crippen LogP contribution in [0.15, 0.2) is 36.2 Å². The van der Waals surface area contributed by atoms with E-state index in [-0.39, 0.29) is 5.83 Å². The van der Waals surface area contributed by atoms with Crippen LogP contribution in [-0.4, -0.2) is 0 Å². The molecule has 0 fully saturated rings. The van der Waals surface area contributed by atoms with Crippen molar-refractivity contribution < 1.29 is 4.39 Å². The fraction of sp³-hybridized carbons (Fsp3) is 0.400. The van der Waals surface area contributed by atoms with E-state index in [0.717, 1.165) is 0 Å². The summed E-state index contributed by atoms with van der Waals surface area (Å²) in [5, 5.41) is 0. The first-order chi connectivity index (χ1) is 5.31. The SMILES string of the molecule is CC.C\C=C/C=C\C(F)=C/C. The largest absolute Gasteiger partial charge is 0.207 e. The van der Waals surface area contributed by atoms with E-state index in [1.807, 2.05) is 26.8 Å². The van der Waals surface area contributed by atoms with E-state index >= 15 is 0 Å². The number of rotatable bonds is 2. The summed E-state index contributed by atoms with van der Waals surface area (Å²) in [6, 6.07) is 0. The zero-order valence-electron chi connectivity index (χ0n) is 7.76. The van der Waals surface area contributed by atoms with E-state index in [2.05, 4.69) is 0 Å². The third-order valence-corrected chi connectivity index (χ3v) is 0.835. The molecule has 0 aromatic rings. The number of allylic oxidation sites excluding steroid dienone is 6. The van der Waals surface area contributed by atoms with E-state index in [9.17, 15) is 4.39 Å². The molecule has 0 atom stereocenters. The lowest BCUT2D eigenvalue weighted by molar-refractivity contribution is 0.665. The molecule has 64 valence electrons. The lowest BCUT2D eigenvalue weighted by Crippen LogP contribution is -1.59. The summed E-state index contributed by atoms with van der Waals surface area (Å²) in [5.74, 6) is -0.201. The Labute approximate surface area is 69.1 Å². The van der Waals surface area contributed by atoms with Crippen LogP contribution in [-0.2, 0) is 0 Å². The number of hydrogen-bond acceptors (Lipinski definition) is 0. The molecular formula is C10H17F. The molecule has 11 heavy (non-hydrogen) atoms. The first kappa shape index (κ1) is 12.8. The van der Waals surface area contributed by atoms with Gasteiger partial charge in [-0.1, -0.05) is 38.2 Å². The second-order valence-electron chi connectivity index (χ2n) is 1.56. The highest BCUT2D eigenvalue weighted by Gasteiger charge is 1.77. The molecule has 0 aromatic heterocycles. The molecule has 0 radical (unpaired) electrons. The van der Waals surface area contributed by atoms with Gasteiger partial charge in [0, 0.05) is 0 Å². The van der Waals surface area contributed by atoms with E-state index in [1.165, 1.54) is 12.2 Å². The van der Waals surface area contributed by atoms with Gasteiger partial charge in [0.1, 0.15) is 5.83 Å². The smallest absolute Gasteiger partial charge is 0.118 e. The Morgan fingerprint density at radius 2 is 1.64 bits per heavy atom. The molecular weight excluding hydrogens is 139 g/mol. The quantitative estimate of drug-likeness (QED) is 0.530. The second kappa shape index (κ2) is 11.9. The van der Waals surface area contributed by atoms with E-state index in [4.69, 9.17) is 0 Å². The fourth-order valence-electron chi connectivity index (χ4n) is 0.355. The van der Waals surface area contributed by atoms with Crippen molar-refractivity contribution in [3.8, 4) is 0 Å². The van der Waals surface area contributed by atoms with Gasteiger partial charge in [-0.15, -0.1) is 0 Å². The van der Waals surface area contributed by atoms with E-state index in [0.29, 0.717) is 0 Å². The summed E-state index contributed by atoms with van der Waals surface area (Å²) in [6.45, 7) is 7.55. The van der Waals surface area contributed by atoms with Crippen molar-refractivity contribution >= 4 is 0 Å². The van der Waals surface area contributed by atoms with Crippen LogP contribution >= 0.6 is 0 Å². The Bertz CT molecular complexity index is 141. The van der Waals surface area contributed by atoms with Gasteiger partial charge in [-0.3, -0.25) is 0 Å². The predicted octanol–water partition coefficient (Wildman–Crippen LogP) is 4.02. The van der Waals surface area contributed by atoms with Crippen LogP contribution in [0.4, 0.5) is 4.39 Å². The zero-order valence-corrected chi connectivity index (χ0v) is 7.76. The highest BCUT2D eigenvalue weighted by Crippen LogP contribution is 1.96. The van der Waals surface area contributed by atoms with Crippen LogP contribution in [0.2, 0.25) is 0 Å². The van der Waals surface area contributed by atoms with Crippen LogP contribution in [0.5, 0.6) is 0 Å². The first-order valence-electron chi connectivity index (χ1n) is 3.92. The van der Waals surface area contributed by atoms with Crippen molar-refractivity contribution in [1.29, 1.82) is 0 Å². The normalized spacial score (nSPS) is 11.9. The zero-order chi connectivity index (χ0) is 9.11. The van der Waals surface area contributed by atoms with Crippen LogP contribution < -0.4 is 0 Å². The molecule has 0 aliphatic rings. The summed E-state index contributed by atoms with van der Waals surface area (Å²) in [6.07, 6.45) is 8.12. The molecule has 1 heteroatoms. The molecule has 0 aromatic carbocycles. The van der Waals surface area contributed by atoms with Gasteiger partial charge in [0.25, 0.3) is 0 Å². The third-order valence-electron chi connectivity index (χ3n) is 0.835. The van der Waals surface area contributed by atoms with Gasteiger partial charge < -0.3 is 0 Å². The van der Waals surface area contributed by atoms with Crippen LogP contribution in [0.25, 0.3) is 0 Å². The summed E-state index contributed by atoms with van der Waals surface area (Å²) < 4.78 is 12.2. The maximum absolute atomic E-state index is 12.2. The van der Waals surface area contributed by atoms with Gasteiger partial charge in [-0.25, -0.2) is 4.39 Å². The Hall–Kier alpha value is -0.850. The second-order valence-corrected chi connectivity index (χ2v) is 1.56. The van der Waals surface area contributed by atoms with Crippen molar-refractivity contribution in [3.63, 3.8) is 0 Å². The minimum Gasteiger partial charge on any atom is -0.207 e. The van der Waals surface area contributed by atoms with Gasteiger partial charge >= 0.3 is 0 Å². The lowest BCUT2D eigenvalue weighted by Gasteiger charge is -1.78. The number of hydrogen-bond donors (Lipinski definition) is 0. The van der Waals surface area contributed by atoms with Crippen LogP contribution in [0, 0.1) is 0 Å². The monoisotopic (exact) mass is 156 g/mol. The van der Waals surface area contributed by atoms with E-state index < -0.39 is 0 Å². The molecule has 0 saturated carbocycles. The average molecular weight is 156 g/mol. The van der Waals surface area contributed by atoms with Crippen molar-refractivity contribution in [2.75, 3.05) is 0 Å². The minimum atomic E-state index is -0.201. The first-order valence-corrected chi connectivity index (χ1v) is 3.92. The highest BCUT2D eigenvalue weighted by molar-refractivity contribution is 5.15. The fourth-order valence-corrected chi connectivity index (χ4v) is 0.355. The molecule has 0 unspecified atom stereocenters. The molecule has 0 aliphatic heterocycles. The molecule has 0 bridgehead atoms. The van der Waals surface area contributed by atoms with Gasteiger partial charge in [0.05, 0.1) is 0 Å². The highest BCUT2D eigenvalue weighted by atomic mass is 19.1. The third kappa shape index (κ3) is 12.4. The standard InChI is InChI=1S/C8H11F.C2H6/c1-3-5-6-7-8(9)4-2;1-2/h3-7H,1-2H3;1-2H3/b5-3-,7-6-,8-4+;. The molecule has 0 nitrogen and oxygen atoms in total. The maximum atomic E-state index is 12.2. The Kier molecular flexibility index (Phi) is 13.8. The van der Waals surface area contributed by atoms with Gasteiger partial charge in [-0.05, 0) is 19.9 Å². The molecule has 0 saturated heterocycles. The average Bonchev–Trinajstić information content (AvgIpc) is 2.08. The molecule has 0 spiro atoms. The van der Waals surface area contributed by atoms with Gasteiger partial charge in [0.2, 0.25) is 0 Å². The maximum Gasteiger partial charge on any atom is 0.118 e. The summed E-state index contributed by atoms with van der Waals surface area (Å²) in [5.41, 5.74) is 0. The molecule has 0 aliphatic carbocycles. The Morgan fingerprint density at radius 3 is 2.00 bits per heavy atom. The minimum absolute atomic E-state index is 0.201. The van der Waals surface area contributed by atoms with Crippen molar-refractivity contribution in [3.05, 3.63) is 36.2 Å². The Balaban J connectivity index is 0. The topological polar surface area (TPSA) is 0 Å². The van der Waals surface area contributed by atoms with Crippen LogP contribution in [0.1, 0.15) is 27.7 Å².